The van der Waals surface area contributed by atoms with Crippen LogP contribution < -0.4 is 34.1 Å². The largest absolute Gasteiger partial charge is 0.484 e. The highest BCUT2D eigenvalue weighted by atomic mass is 35.5. The van der Waals surface area contributed by atoms with Gasteiger partial charge in [0.25, 0.3) is 11.8 Å². The van der Waals surface area contributed by atoms with E-state index in [0.29, 0.717) is 120 Å². The van der Waals surface area contributed by atoms with Crippen LogP contribution in [0, 0.1) is 18.7 Å². The van der Waals surface area contributed by atoms with Gasteiger partial charge < -0.3 is 63.4 Å². The van der Waals surface area contributed by atoms with Crippen molar-refractivity contribution in [3.8, 4) is 5.75 Å². The van der Waals surface area contributed by atoms with Gasteiger partial charge in [-0.2, -0.15) is 8.82 Å². The molecule has 0 bridgehead atoms. The molecular formula is C104H119ClFN31O9S. The third kappa shape index (κ3) is 25.1. The van der Waals surface area contributed by atoms with Crippen molar-refractivity contribution in [2.24, 2.45) is 5.92 Å². The predicted octanol–water partition coefficient (Wildman–Crippen LogP) is 11.1. The Balaban J connectivity index is 0.000000111. The SMILES string of the molecule is CCOC(=O)N1CCN(c2ccc3nccn3n2)CC1.Cc1cnc2ccc(N3CCN(C(=O)CCc4ccccc4)CC3)nn12.O=C(CC1CCCCC1)N1CCN(c2ccc3nnc(C4CC4)n3n2)CC1.O=C(COc1ccc(F)cc1)N1CCN(c2ccc3nccn3n2)CC1.O=C(c1ccccc1)N1CCN(c2ccc3nccn3n2)CC1.O=S(=O)(c1ccc(Cl)cc1)N1CCN(c2ccc3nccn3n2)CC1. The molecule has 12 aromatic heterocycles. The molecule has 16 aromatic rings. The topological polar surface area (TPSA) is 371 Å². The number of amides is 5. The number of nitrogens with zero attached hydrogens (tertiary/aromatic N) is 31. The Bertz CT molecular complexity index is 7250. The molecule has 8 aliphatic rings. The maximum atomic E-state index is 12.9. The fraction of sp³-hybridized carbons (Fsp3) is 0.385. The molecule has 147 heavy (non-hydrogen) atoms. The molecule has 40 nitrogen and oxygen atoms in total. The monoisotopic (exact) mass is 2030 g/mol. The zero-order valence-electron chi connectivity index (χ0n) is 82.3. The molecular weight excluding hydrogens is 1910 g/mol. The lowest BCUT2D eigenvalue weighted by molar-refractivity contribution is -0.134. The number of halogens is 2. The lowest BCUT2D eigenvalue weighted by Gasteiger charge is -2.36. The number of piperazine rings is 6. The van der Waals surface area contributed by atoms with Crippen LogP contribution in [0.25, 0.3) is 33.9 Å². The van der Waals surface area contributed by atoms with Crippen LogP contribution in [-0.2, 0) is 35.6 Å². The molecule has 6 saturated heterocycles. The maximum absolute atomic E-state index is 12.9. The van der Waals surface area contributed by atoms with E-state index in [0.717, 1.165) is 177 Å². The average Bonchev–Trinajstić information content (AvgIpc) is 1.67. The van der Waals surface area contributed by atoms with E-state index in [1.165, 1.54) is 79.1 Å². The normalized spacial score (nSPS) is 16.5. The first kappa shape index (κ1) is 100. The Hall–Kier alpha value is -15.6. The van der Waals surface area contributed by atoms with Gasteiger partial charge in [0, 0.05) is 236 Å². The van der Waals surface area contributed by atoms with Gasteiger partial charge in [-0.15, -0.1) is 40.8 Å². The highest BCUT2D eigenvalue weighted by Crippen LogP contribution is 2.39. The van der Waals surface area contributed by atoms with Crippen molar-refractivity contribution in [2.45, 2.75) is 88.9 Å². The molecule has 0 unspecified atom stereocenters. The van der Waals surface area contributed by atoms with Crippen LogP contribution in [0.15, 0.2) is 243 Å². The van der Waals surface area contributed by atoms with Crippen molar-refractivity contribution in [3.05, 3.63) is 271 Å². The molecule has 0 radical (unpaired) electrons. The first-order chi connectivity index (χ1) is 71.8. The summed E-state index contributed by atoms with van der Waals surface area (Å²) in [4.78, 5) is 105. The predicted molar refractivity (Wildman–Crippen MR) is 554 cm³/mol. The summed E-state index contributed by atoms with van der Waals surface area (Å²) in [6.07, 6.45) is 26.6. The second-order valence-electron chi connectivity index (χ2n) is 37.0. The van der Waals surface area contributed by atoms with Gasteiger partial charge in [-0.25, -0.2) is 65.1 Å². The molecule has 0 N–H and O–H groups in total. The van der Waals surface area contributed by atoms with Gasteiger partial charge in [-0.1, -0.05) is 79.4 Å². The number of carbonyl (C=O) groups excluding carboxylic acids is 5. The molecule has 6 aliphatic heterocycles. The molecule has 2 aliphatic carbocycles. The lowest BCUT2D eigenvalue weighted by atomic mass is 9.86. The Labute approximate surface area is 854 Å². The van der Waals surface area contributed by atoms with Crippen LogP contribution in [0.4, 0.5) is 44.1 Å². The van der Waals surface area contributed by atoms with Crippen molar-refractivity contribution >= 4 is 120 Å². The molecule has 2 saturated carbocycles. The summed E-state index contributed by atoms with van der Waals surface area (Å²) in [5.41, 5.74) is 7.94. The summed E-state index contributed by atoms with van der Waals surface area (Å²) in [6.45, 7) is 21.0. The zero-order valence-corrected chi connectivity index (χ0v) is 83.9. The van der Waals surface area contributed by atoms with E-state index in [9.17, 15) is 36.8 Å². The van der Waals surface area contributed by atoms with Crippen molar-refractivity contribution in [1.29, 1.82) is 0 Å². The van der Waals surface area contributed by atoms with E-state index in [4.69, 9.17) is 26.2 Å². The number of anilines is 6. The molecule has 0 spiro atoms. The summed E-state index contributed by atoms with van der Waals surface area (Å²) in [5.74, 6) is 8.29. The van der Waals surface area contributed by atoms with Gasteiger partial charge in [0.05, 0.1) is 23.4 Å². The molecule has 43 heteroatoms. The second kappa shape index (κ2) is 47.1. The summed E-state index contributed by atoms with van der Waals surface area (Å²) in [5, 5.41) is 36.7. The number of carbonyl (C=O) groups is 5. The van der Waals surface area contributed by atoms with E-state index in [1.54, 1.807) is 83.1 Å². The fourth-order valence-corrected chi connectivity index (χ4v) is 20.4. The quantitative estimate of drug-likeness (QED) is 0.0725. The van der Waals surface area contributed by atoms with E-state index in [2.05, 4.69) is 107 Å². The number of sulfonamides is 1. The van der Waals surface area contributed by atoms with Crippen molar-refractivity contribution in [3.63, 3.8) is 0 Å². The average molecular weight is 2030 g/mol. The summed E-state index contributed by atoms with van der Waals surface area (Å²) >= 11 is 5.84. The van der Waals surface area contributed by atoms with Gasteiger partial charge in [0.15, 0.2) is 46.3 Å². The molecule has 18 heterocycles. The molecule has 4 aromatic carbocycles. The van der Waals surface area contributed by atoms with Crippen molar-refractivity contribution in [1.82, 2.24) is 122 Å². The number of fused-ring (bicyclic) bond motifs is 6. The third-order valence-electron chi connectivity index (χ3n) is 27.5. The van der Waals surface area contributed by atoms with Crippen LogP contribution in [0.1, 0.15) is 98.1 Å². The second-order valence-corrected chi connectivity index (χ2v) is 39.4. The third-order valence-corrected chi connectivity index (χ3v) is 29.6. The van der Waals surface area contributed by atoms with E-state index in [-0.39, 0.29) is 41.1 Å². The maximum Gasteiger partial charge on any atom is 0.409 e. The fourth-order valence-electron chi connectivity index (χ4n) is 18.9. The Morgan fingerprint density at radius 1 is 0.401 bits per heavy atom. The molecule has 764 valence electrons. The molecule has 5 amide bonds. The zero-order chi connectivity index (χ0) is 101. The van der Waals surface area contributed by atoms with E-state index in [1.807, 2.05) is 179 Å². The Kier molecular flexibility index (Phi) is 32.1. The number of benzene rings is 4. The van der Waals surface area contributed by atoms with Crippen molar-refractivity contribution < 1.29 is 46.3 Å². The number of imidazole rings is 5. The number of hydrogen-bond donors (Lipinski definition) is 0. The van der Waals surface area contributed by atoms with Crippen molar-refractivity contribution in [2.75, 3.05) is 200 Å². The van der Waals surface area contributed by atoms with E-state index >= 15 is 0 Å². The Morgan fingerprint density at radius 2 is 0.816 bits per heavy atom. The highest BCUT2D eigenvalue weighted by molar-refractivity contribution is 7.89. The lowest BCUT2D eigenvalue weighted by Crippen LogP contribution is -2.50. The summed E-state index contributed by atoms with van der Waals surface area (Å²) in [7, 11) is -3.50. The van der Waals surface area contributed by atoms with Crippen LogP contribution in [0.5, 0.6) is 5.75 Å². The van der Waals surface area contributed by atoms with Crippen LogP contribution >= 0.6 is 11.6 Å². The van der Waals surface area contributed by atoms with Gasteiger partial charge in [-0.05, 0) is 191 Å². The van der Waals surface area contributed by atoms with Gasteiger partial charge >= 0.3 is 6.09 Å². The summed E-state index contributed by atoms with van der Waals surface area (Å²) < 4.78 is 61.0. The van der Waals surface area contributed by atoms with E-state index < -0.39 is 10.0 Å². The molecule has 24 rings (SSSR count). The number of rotatable bonds is 19. The number of hydrogen-bond acceptors (Lipinski definition) is 28. The van der Waals surface area contributed by atoms with Crippen LogP contribution in [0.3, 0.4) is 0 Å². The first-order valence-corrected chi connectivity index (χ1v) is 52.1. The van der Waals surface area contributed by atoms with Gasteiger partial charge in [-0.3, -0.25) is 19.2 Å². The smallest absolute Gasteiger partial charge is 0.409 e. The van der Waals surface area contributed by atoms with Crippen LogP contribution in [-0.4, -0.2) is 330 Å². The first-order valence-electron chi connectivity index (χ1n) is 50.3. The number of aryl methyl sites for hydroxylation is 2. The van der Waals surface area contributed by atoms with Gasteiger partial charge in [0.2, 0.25) is 21.8 Å². The highest BCUT2D eigenvalue weighted by Gasteiger charge is 2.35. The minimum absolute atomic E-state index is 0.0507. The van der Waals surface area contributed by atoms with Crippen LogP contribution in [0.2, 0.25) is 5.02 Å². The molecule has 0 atom stereocenters. The summed E-state index contributed by atoms with van der Waals surface area (Å²) in [6, 6.07) is 55.1. The standard InChI is InChI=1S/C20H28N6O.C20H23N5O.C18H18FN5O2.C17H17N5O.C16H16ClN5O2S.C13H17N5O2/c27-19(14-15-4-2-1-3-5-15)25-12-10-24(11-13-25)18-9-8-17-21-22-20(16-6-7-16)26(17)23-18;1-16-15-21-18-8-9-19(22-25(16)18)23-11-13-24(14-12-23)20(26)10-7-17-5-3-2-4-6-17;19-14-1-3-15(4-2-14)26-13-18(25)23-11-9-22(10-12-23)17-6-5-16-20-7-8-24(16)21-17;23-17(14-4-2-1-3-5-14)21-12-10-20(11-13-21)16-7-6-15-18-8-9-22(15)19-16;17-13-1-3-14(4-2-13)25(23,24)21-11-9-20(10-12-21)16-6-5-15-18-7-8-22(15)19-16;1-2-20-13(19)17-9-7-16(8-10-17)12-4-3-11-14-5-6-18(11)15-12/h8-9,15-16H,1-7,10-14H2;2-6,8-9,15H,7,10-14H2,1H3;1-8H,9-13H2;1-9H,10-13H2;1-8H,9-12H2;3-6H,2,7-10H2,1H3. The van der Waals surface area contributed by atoms with Gasteiger partial charge in [0.1, 0.15) is 46.5 Å². The minimum atomic E-state index is -3.50. The molecule has 8 fully saturated rings. The number of ether oxygens (including phenoxy) is 2. The minimum Gasteiger partial charge on any atom is -0.484 e. The number of aromatic nitrogens is 19. The Morgan fingerprint density at radius 3 is 1.29 bits per heavy atom.